The van der Waals surface area contributed by atoms with Crippen LogP contribution in [0.3, 0.4) is 0 Å². The minimum Gasteiger partial charge on any atom is -0.379 e. The molecule has 1 fully saturated rings. The van der Waals surface area contributed by atoms with Crippen LogP contribution in [-0.4, -0.2) is 49.7 Å². The fourth-order valence-corrected chi connectivity index (χ4v) is 3.73. The van der Waals surface area contributed by atoms with Crippen molar-refractivity contribution in [2.24, 2.45) is 0 Å². The third-order valence-electron chi connectivity index (χ3n) is 5.22. The molecule has 1 saturated heterocycles. The van der Waals surface area contributed by atoms with E-state index in [1.54, 1.807) is 0 Å². The lowest BCUT2D eigenvalue weighted by molar-refractivity contribution is -0.121. The fourth-order valence-electron chi connectivity index (χ4n) is 3.73. The number of ether oxygens (including phenoxy) is 1. The van der Waals surface area contributed by atoms with Crippen molar-refractivity contribution >= 4 is 5.91 Å². The molecule has 1 aromatic carbocycles. The molecular formula is C20H30N2O2. The molecule has 1 aliphatic heterocycles. The van der Waals surface area contributed by atoms with Gasteiger partial charge in [0.1, 0.15) is 0 Å². The van der Waals surface area contributed by atoms with Crippen LogP contribution >= 0.6 is 0 Å². The van der Waals surface area contributed by atoms with Crippen molar-refractivity contribution in [3.8, 4) is 0 Å². The summed E-state index contributed by atoms with van der Waals surface area (Å²) in [7, 11) is 0. The molecule has 0 aromatic heterocycles. The monoisotopic (exact) mass is 330 g/mol. The Bertz CT molecular complexity index is 553. The van der Waals surface area contributed by atoms with Gasteiger partial charge in [-0.2, -0.15) is 0 Å². The first-order valence-corrected chi connectivity index (χ1v) is 9.44. The van der Waals surface area contributed by atoms with Crippen molar-refractivity contribution in [2.45, 2.75) is 51.5 Å². The van der Waals surface area contributed by atoms with Crippen molar-refractivity contribution in [1.82, 2.24) is 10.2 Å². The highest BCUT2D eigenvalue weighted by atomic mass is 16.5. The standard InChI is InChI=1S/C20H30N2O2/c1-2-19(15-22-9-11-24-12-10-22)21-20(23)14-16-7-8-17-5-3-4-6-18(17)13-16/h7-8,13,19H,2-6,9-12,14-15H2,1H3,(H,21,23)/t19-/m0/s1. The van der Waals surface area contributed by atoms with Gasteiger partial charge in [-0.3, -0.25) is 9.69 Å². The van der Waals surface area contributed by atoms with E-state index in [0.29, 0.717) is 6.42 Å². The van der Waals surface area contributed by atoms with E-state index in [9.17, 15) is 4.79 Å². The molecule has 0 spiro atoms. The van der Waals surface area contributed by atoms with Gasteiger partial charge in [0.05, 0.1) is 19.6 Å². The van der Waals surface area contributed by atoms with Crippen molar-refractivity contribution < 1.29 is 9.53 Å². The molecule has 4 nitrogen and oxygen atoms in total. The maximum atomic E-state index is 12.4. The first-order valence-electron chi connectivity index (χ1n) is 9.44. The van der Waals surface area contributed by atoms with Crippen LogP contribution in [0.4, 0.5) is 0 Å². The molecule has 1 atom stereocenters. The summed E-state index contributed by atoms with van der Waals surface area (Å²) in [4.78, 5) is 14.8. The molecule has 2 aliphatic rings. The van der Waals surface area contributed by atoms with Crippen LogP contribution in [0.5, 0.6) is 0 Å². The predicted octanol–water partition coefficient (Wildman–Crippen LogP) is 2.33. The van der Waals surface area contributed by atoms with Crippen LogP contribution in [0.2, 0.25) is 0 Å². The zero-order valence-corrected chi connectivity index (χ0v) is 14.9. The summed E-state index contributed by atoms with van der Waals surface area (Å²) in [6, 6.07) is 6.83. The number of carbonyl (C=O) groups is 1. The van der Waals surface area contributed by atoms with Gasteiger partial charge >= 0.3 is 0 Å². The lowest BCUT2D eigenvalue weighted by Crippen LogP contribution is -2.47. The molecule has 0 saturated carbocycles. The molecule has 0 bridgehead atoms. The van der Waals surface area contributed by atoms with Gasteiger partial charge < -0.3 is 10.1 Å². The first kappa shape index (κ1) is 17.4. The van der Waals surface area contributed by atoms with Gasteiger partial charge in [0.2, 0.25) is 5.91 Å². The third-order valence-corrected chi connectivity index (χ3v) is 5.22. The fraction of sp³-hybridized carbons (Fsp3) is 0.650. The Labute approximate surface area is 145 Å². The summed E-state index contributed by atoms with van der Waals surface area (Å²) in [5.74, 6) is 0.144. The second kappa shape index (κ2) is 8.63. The Hall–Kier alpha value is -1.39. The second-order valence-electron chi connectivity index (χ2n) is 7.07. The van der Waals surface area contributed by atoms with Crippen LogP contribution in [-0.2, 0) is 28.8 Å². The van der Waals surface area contributed by atoms with Gasteiger partial charge in [-0.15, -0.1) is 0 Å². The minimum atomic E-state index is 0.144. The van der Waals surface area contributed by atoms with Gasteiger partial charge in [-0.25, -0.2) is 0 Å². The van der Waals surface area contributed by atoms with E-state index in [2.05, 4.69) is 35.3 Å². The zero-order valence-electron chi connectivity index (χ0n) is 14.9. The lowest BCUT2D eigenvalue weighted by Gasteiger charge is -2.30. The zero-order chi connectivity index (χ0) is 16.8. The van der Waals surface area contributed by atoms with E-state index in [4.69, 9.17) is 4.74 Å². The maximum Gasteiger partial charge on any atom is 0.224 e. The van der Waals surface area contributed by atoms with Crippen molar-refractivity contribution in [3.63, 3.8) is 0 Å². The van der Waals surface area contributed by atoms with Crippen molar-refractivity contribution in [2.75, 3.05) is 32.8 Å². The Morgan fingerprint density at radius 1 is 1.21 bits per heavy atom. The average Bonchev–Trinajstić information content (AvgIpc) is 2.62. The van der Waals surface area contributed by atoms with E-state index in [1.807, 2.05) is 0 Å². The van der Waals surface area contributed by atoms with Crippen LogP contribution < -0.4 is 5.32 Å². The SMILES string of the molecule is CC[C@@H](CN1CCOCC1)NC(=O)Cc1ccc2c(c1)CCCC2. The minimum absolute atomic E-state index is 0.144. The van der Waals surface area contributed by atoms with E-state index < -0.39 is 0 Å². The molecule has 1 N–H and O–H groups in total. The highest BCUT2D eigenvalue weighted by Gasteiger charge is 2.18. The first-order chi connectivity index (χ1) is 11.7. The van der Waals surface area contributed by atoms with Gasteiger partial charge in [0.15, 0.2) is 0 Å². The summed E-state index contributed by atoms with van der Waals surface area (Å²) in [5, 5.41) is 3.22. The van der Waals surface area contributed by atoms with Crippen molar-refractivity contribution in [1.29, 1.82) is 0 Å². The summed E-state index contributed by atoms with van der Waals surface area (Å²) in [5.41, 5.74) is 4.07. The Balaban J connectivity index is 1.52. The number of hydrogen-bond acceptors (Lipinski definition) is 3. The molecule has 0 unspecified atom stereocenters. The molecule has 132 valence electrons. The summed E-state index contributed by atoms with van der Waals surface area (Å²) >= 11 is 0. The Morgan fingerprint density at radius 2 is 1.96 bits per heavy atom. The van der Waals surface area contributed by atoms with Gasteiger partial charge in [-0.1, -0.05) is 25.1 Å². The number of aryl methyl sites for hydroxylation is 2. The summed E-state index contributed by atoms with van der Waals surface area (Å²) < 4.78 is 5.39. The summed E-state index contributed by atoms with van der Waals surface area (Å²) in [6.07, 6.45) is 6.39. The van der Waals surface area contributed by atoms with Gasteiger partial charge in [0, 0.05) is 25.7 Å². The van der Waals surface area contributed by atoms with Crippen LogP contribution in [0.1, 0.15) is 42.9 Å². The Morgan fingerprint density at radius 3 is 2.71 bits per heavy atom. The van der Waals surface area contributed by atoms with Gasteiger partial charge in [0.25, 0.3) is 0 Å². The molecule has 0 radical (unpaired) electrons. The van der Waals surface area contributed by atoms with E-state index in [1.165, 1.54) is 36.8 Å². The third kappa shape index (κ3) is 4.81. The lowest BCUT2D eigenvalue weighted by atomic mass is 9.90. The highest BCUT2D eigenvalue weighted by molar-refractivity contribution is 5.79. The van der Waals surface area contributed by atoms with Crippen molar-refractivity contribution in [3.05, 3.63) is 34.9 Å². The van der Waals surface area contributed by atoms with Crippen LogP contribution in [0.25, 0.3) is 0 Å². The van der Waals surface area contributed by atoms with Gasteiger partial charge in [-0.05, 0) is 48.8 Å². The topological polar surface area (TPSA) is 41.6 Å². The number of morpholine rings is 1. The predicted molar refractivity (Wildman–Crippen MR) is 96.3 cm³/mol. The Kier molecular flexibility index (Phi) is 6.27. The number of carbonyl (C=O) groups excluding carboxylic acids is 1. The van der Waals surface area contributed by atoms with Crippen LogP contribution in [0, 0.1) is 0 Å². The maximum absolute atomic E-state index is 12.4. The summed E-state index contributed by atoms with van der Waals surface area (Å²) in [6.45, 7) is 6.62. The molecule has 4 heteroatoms. The number of hydrogen-bond donors (Lipinski definition) is 1. The normalized spacial score (nSPS) is 19.5. The second-order valence-corrected chi connectivity index (χ2v) is 7.07. The largest absolute Gasteiger partial charge is 0.379 e. The highest BCUT2D eigenvalue weighted by Crippen LogP contribution is 2.22. The molecule has 24 heavy (non-hydrogen) atoms. The number of amides is 1. The average molecular weight is 330 g/mol. The quantitative estimate of drug-likeness (QED) is 0.870. The molecule has 3 rings (SSSR count). The molecule has 1 amide bonds. The molecule has 1 heterocycles. The number of benzene rings is 1. The number of rotatable bonds is 6. The smallest absolute Gasteiger partial charge is 0.224 e. The van der Waals surface area contributed by atoms with E-state index in [0.717, 1.165) is 44.8 Å². The number of nitrogens with one attached hydrogen (secondary N) is 1. The van der Waals surface area contributed by atoms with Crippen LogP contribution in [0.15, 0.2) is 18.2 Å². The van der Waals surface area contributed by atoms with E-state index >= 15 is 0 Å². The molecule has 1 aliphatic carbocycles. The molecular weight excluding hydrogens is 300 g/mol. The number of fused-ring (bicyclic) bond motifs is 1. The van der Waals surface area contributed by atoms with E-state index in [-0.39, 0.29) is 11.9 Å². The number of nitrogens with zero attached hydrogens (tertiary/aromatic N) is 1. The molecule has 1 aromatic rings.